The van der Waals surface area contributed by atoms with Crippen molar-refractivity contribution >= 4 is 55.4 Å². The molecule has 1 saturated heterocycles. The highest BCUT2D eigenvalue weighted by atomic mass is 35.5. The SMILES string of the molecule is Clc1cc(OCCN2CCCCC2)ccc1Nc1nc2c(-c3nnc[nH]3)cccc2c2ccsc12. The number of hydrogen-bond acceptors (Lipinski definition) is 7. The summed E-state index contributed by atoms with van der Waals surface area (Å²) in [6.07, 6.45) is 5.48. The maximum Gasteiger partial charge on any atom is 0.163 e. The molecule has 1 aliphatic rings. The Balaban J connectivity index is 1.27. The number of hydrogen-bond donors (Lipinski definition) is 2. The van der Waals surface area contributed by atoms with E-state index < -0.39 is 0 Å². The minimum absolute atomic E-state index is 0.593. The van der Waals surface area contributed by atoms with E-state index in [4.69, 9.17) is 21.3 Å². The second-order valence-electron chi connectivity index (χ2n) is 8.68. The van der Waals surface area contributed by atoms with E-state index in [9.17, 15) is 0 Å². The average Bonchev–Trinajstić information content (AvgIpc) is 3.59. The van der Waals surface area contributed by atoms with Crippen LogP contribution in [0.25, 0.3) is 32.4 Å². The van der Waals surface area contributed by atoms with Gasteiger partial charge in [-0.15, -0.1) is 21.5 Å². The number of benzene rings is 2. The number of H-pyrrole nitrogens is 1. The molecule has 2 N–H and O–H groups in total. The number of rotatable bonds is 7. The Labute approximate surface area is 212 Å². The van der Waals surface area contributed by atoms with Crippen LogP contribution in [0.2, 0.25) is 5.02 Å². The van der Waals surface area contributed by atoms with E-state index >= 15 is 0 Å². The molecule has 0 spiro atoms. The quantitative estimate of drug-likeness (QED) is 0.263. The second-order valence-corrected chi connectivity index (χ2v) is 10.0. The van der Waals surface area contributed by atoms with Gasteiger partial charge in [0.25, 0.3) is 0 Å². The number of aromatic nitrogens is 4. The molecule has 0 aliphatic carbocycles. The highest BCUT2D eigenvalue weighted by molar-refractivity contribution is 7.18. The van der Waals surface area contributed by atoms with Crippen molar-refractivity contribution in [3.8, 4) is 17.1 Å². The smallest absolute Gasteiger partial charge is 0.163 e. The molecule has 9 heteroatoms. The van der Waals surface area contributed by atoms with Gasteiger partial charge in [-0.1, -0.05) is 30.2 Å². The van der Waals surface area contributed by atoms with Gasteiger partial charge >= 0.3 is 0 Å². The van der Waals surface area contributed by atoms with Crippen molar-refractivity contribution < 1.29 is 4.74 Å². The first-order valence-electron chi connectivity index (χ1n) is 11.8. The summed E-state index contributed by atoms with van der Waals surface area (Å²) in [6, 6.07) is 14.0. The number of para-hydroxylation sites is 1. The van der Waals surface area contributed by atoms with Crippen molar-refractivity contribution in [1.29, 1.82) is 0 Å². The van der Waals surface area contributed by atoms with Gasteiger partial charge in [0.05, 0.1) is 20.9 Å². The van der Waals surface area contributed by atoms with Gasteiger partial charge in [-0.3, -0.25) is 4.90 Å². The summed E-state index contributed by atoms with van der Waals surface area (Å²) in [6.45, 7) is 3.94. The summed E-state index contributed by atoms with van der Waals surface area (Å²) in [5.41, 5.74) is 2.54. The molecule has 3 aromatic heterocycles. The molecule has 5 aromatic rings. The topological polar surface area (TPSA) is 79.0 Å². The largest absolute Gasteiger partial charge is 0.492 e. The fourth-order valence-electron chi connectivity index (χ4n) is 4.65. The second kappa shape index (κ2) is 9.81. The number of pyridine rings is 1. The Hall–Kier alpha value is -3.20. The number of likely N-dealkylation sites (tertiary alicyclic amines) is 1. The summed E-state index contributed by atoms with van der Waals surface area (Å²) in [5, 5.41) is 16.5. The van der Waals surface area contributed by atoms with Crippen LogP contribution in [0.5, 0.6) is 5.75 Å². The molecular weight excluding hydrogens is 480 g/mol. The number of nitrogens with one attached hydrogen (secondary N) is 2. The van der Waals surface area contributed by atoms with Gasteiger partial charge in [0.2, 0.25) is 0 Å². The summed E-state index contributed by atoms with van der Waals surface area (Å²) in [7, 11) is 0. The Morgan fingerprint density at radius 2 is 2.00 bits per heavy atom. The van der Waals surface area contributed by atoms with Crippen LogP contribution in [-0.4, -0.2) is 51.3 Å². The molecule has 0 bridgehead atoms. The van der Waals surface area contributed by atoms with Crippen LogP contribution in [0.3, 0.4) is 0 Å². The van der Waals surface area contributed by atoms with Crippen LogP contribution >= 0.6 is 22.9 Å². The van der Waals surface area contributed by atoms with Crippen molar-refractivity contribution in [3.63, 3.8) is 0 Å². The number of aromatic amines is 1. The zero-order chi connectivity index (χ0) is 23.6. The maximum atomic E-state index is 6.66. The van der Waals surface area contributed by atoms with E-state index in [1.54, 1.807) is 17.7 Å². The molecule has 6 rings (SSSR count). The van der Waals surface area contributed by atoms with Crippen molar-refractivity contribution in [1.82, 2.24) is 25.1 Å². The standard InChI is InChI=1S/C26H25ClN6OS/c27-21-15-17(34-13-12-33-10-2-1-3-11-33)7-8-22(21)30-26-24-19(9-14-35-24)18-5-4-6-20(23(18)31-26)25-28-16-29-32-25/h4-9,14-16H,1-3,10-13H2,(H,30,31)(H,28,29,32). The van der Waals surface area contributed by atoms with Crippen molar-refractivity contribution in [2.75, 3.05) is 31.6 Å². The third-order valence-corrected chi connectivity index (χ3v) is 7.65. The summed E-state index contributed by atoms with van der Waals surface area (Å²) in [5.74, 6) is 2.22. The Bertz CT molecular complexity index is 1460. The zero-order valence-corrected chi connectivity index (χ0v) is 20.7. The van der Waals surface area contributed by atoms with Gasteiger partial charge in [0.15, 0.2) is 5.82 Å². The number of anilines is 2. The lowest BCUT2D eigenvalue weighted by Gasteiger charge is -2.26. The number of ether oxygens (including phenoxy) is 1. The van der Waals surface area contributed by atoms with Crippen LogP contribution < -0.4 is 10.1 Å². The molecular formula is C26H25ClN6OS. The Kier molecular flexibility index (Phi) is 6.24. The van der Waals surface area contributed by atoms with Gasteiger partial charge in [0.1, 0.15) is 24.5 Å². The number of fused-ring (bicyclic) bond motifs is 3. The van der Waals surface area contributed by atoms with Crippen LogP contribution in [0.15, 0.2) is 54.2 Å². The predicted molar refractivity (Wildman–Crippen MR) is 143 cm³/mol. The van der Waals surface area contributed by atoms with Crippen molar-refractivity contribution in [2.45, 2.75) is 19.3 Å². The van der Waals surface area contributed by atoms with E-state index in [1.807, 2.05) is 30.3 Å². The zero-order valence-electron chi connectivity index (χ0n) is 19.1. The predicted octanol–water partition coefficient (Wildman–Crippen LogP) is 6.50. The first-order valence-corrected chi connectivity index (χ1v) is 13.1. The van der Waals surface area contributed by atoms with Gasteiger partial charge in [-0.05, 0) is 55.6 Å². The van der Waals surface area contributed by atoms with Gasteiger partial charge < -0.3 is 15.0 Å². The molecule has 0 unspecified atom stereocenters. The monoisotopic (exact) mass is 504 g/mol. The summed E-state index contributed by atoms with van der Waals surface area (Å²) in [4.78, 5) is 10.6. The van der Waals surface area contributed by atoms with E-state index in [2.05, 4.69) is 42.9 Å². The minimum atomic E-state index is 0.593. The van der Waals surface area contributed by atoms with Crippen LogP contribution in [0, 0.1) is 0 Å². The lowest BCUT2D eigenvalue weighted by Crippen LogP contribution is -2.33. The molecule has 1 aliphatic heterocycles. The molecule has 2 aromatic carbocycles. The number of nitrogens with zero attached hydrogens (tertiary/aromatic N) is 4. The Morgan fingerprint density at radius 1 is 1.09 bits per heavy atom. The summed E-state index contributed by atoms with van der Waals surface area (Å²) < 4.78 is 7.06. The van der Waals surface area contributed by atoms with E-state index in [1.165, 1.54) is 32.4 Å². The van der Waals surface area contributed by atoms with Gasteiger partial charge in [-0.2, -0.15) is 0 Å². The molecule has 7 nitrogen and oxygen atoms in total. The highest BCUT2D eigenvalue weighted by Gasteiger charge is 2.16. The van der Waals surface area contributed by atoms with Crippen LogP contribution in [-0.2, 0) is 0 Å². The highest BCUT2D eigenvalue weighted by Crippen LogP contribution is 2.39. The third-order valence-electron chi connectivity index (χ3n) is 6.42. The third kappa shape index (κ3) is 4.57. The molecule has 178 valence electrons. The summed E-state index contributed by atoms with van der Waals surface area (Å²) >= 11 is 8.31. The van der Waals surface area contributed by atoms with Crippen molar-refractivity contribution in [2.24, 2.45) is 0 Å². The fourth-order valence-corrected chi connectivity index (χ4v) is 5.72. The van der Waals surface area contributed by atoms with E-state index in [-0.39, 0.29) is 0 Å². The molecule has 35 heavy (non-hydrogen) atoms. The molecule has 0 atom stereocenters. The Morgan fingerprint density at radius 3 is 2.83 bits per heavy atom. The first-order chi connectivity index (χ1) is 17.3. The molecule has 4 heterocycles. The normalized spacial score (nSPS) is 14.5. The van der Waals surface area contributed by atoms with E-state index in [0.29, 0.717) is 17.5 Å². The van der Waals surface area contributed by atoms with Crippen molar-refractivity contribution in [3.05, 3.63) is 59.2 Å². The molecule has 0 amide bonds. The number of halogens is 1. The van der Waals surface area contributed by atoms with E-state index in [0.717, 1.165) is 50.4 Å². The van der Waals surface area contributed by atoms with Crippen LogP contribution in [0.4, 0.5) is 11.5 Å². The first kappa shape index (κ1) is 22.3. The number of piperidine rings is 1. The lowest BCUT2D eigenvalue weighted by atomic mass is 10.1. The lowest BCUT2D eigenvalue weighted by molar-refractivity contribution is 0.183. The minimum Gasteiger partial charge on any atom is -0.492 e. The van der Waals surface area contributed by atoms with Crippen LogP contribution in [0.1, 0.15) is 19.3 Å². The van der Waals surface area contributed by atoms with Gasteiger partial charge in [0, 0.05) is 28.9 Å². The maximum absolute atomic E-state index is 6.66. The fraction of sp³-hybridized carbons (Fsp3) is 0.269. The number of thiophene rings is 1. The molecule has 0 saturated carbocycles. The average molecular weight is 505 g/mol. The molecule has 0 radical (unpaired) electrons. The van der Waals surface area contributed by atoms with Gasteiger partial charge in [-0.25, -0.2) is 4.98 Å². The molecule has 1 fully saturated rings.